The Morgan fingerprint density at radius 2 is 1.90 bits per heavy atom. The van der Waals surface area contributed by atoms with Crippen LogP contribution < -0.4 is 5.73 Å². The summed E-state index contributed by atoms with van der Waals surface area (Å²) in [6.07, 6.45) is -4.39. The van der Waals surface area contributed by atoms with Gasteiger partial charge in [0, 0.05) is 5.69 Å². The summed E-state index contributed by atoms with van der Waals surface area (Å²) in [5, 5.41) is 0.928. The van der Waals surface area contributed by atoms with E-state index in [1.165, 1.54) is 17.4 Å². The quantitative estimate of drug-likeness (QED) is 0.622. The molecule has 108 valence electrons. The zero-order chi connectivity index (χ0) is 15.2. The molecular weight excluding hydrogens is 321 g/mol. The number of aromatic nitrogens is 1. The van der Waals surface area contributed by atoms with Crippen molar-refractivity contribution in [1.29, 1.82) is 0 Å². The number of nitrogen functional groups attached to an aromatic ring is 1. The fourth-order valence-electron chi connectivity index (χ4n) is 1.98. The van der Waals surface area contributed by atoms with E-state index in [-0.39, 0.29) is 5.52 Å². The van der Waals surface area contributed by atoms with Crippen LogP contribution in [0.3, 0.4) is 0 Å². The summed E-state index contributed by atoms with van der Waals surface area (Å²) < 4.78 is 38.8. The zero-order valence-corrected chi connectivity index (χ0v) is 12.0. The molecule has 2 N–H and O–H groups in total. The van der Waals surface area contributed by atoms with E-state index in [0.29, 0.717) is 26.0 Å². The van der Waals surface area contributed by atoms with Gasteiger partial charge in [-0.1, -0.05) is 17.7 Å². The van der Waals surface area contributed by atoms with Gasteiger partial charge in [0.15, 0.2) is 0 Å². The molecule has 2 aromatic carbocycles. The summed E-state index contributed by atoms with van der Waals surface area (Å²) in [6, 6.07) is 8.53. The Morgan fingerprint density at radius 1 is 1.14 bits per heavy atom. The predicted molar refractivity (Wildman–Crippen MR) is 79.5 cm³/mol. The molecular formula is C14H8ClF3N2S. The van der Waals surface area contributed by atoms with Crippen LogP contribution in [0.5, 0.6) is 0 Å². The van der Waals surface area contributed by atoms with Crippen molar-refractivity contribution in [2.24, 2.45) is 0 Å². The number of fused-ring (bicyclic) bond motifs is 1. The maximum Gasteiger partial charge on any atom is 0.416 e. The van der Waals surface area contributed by atoms with Crippen LogP contribution in [0.25, 0.3) is 20.8 Å². The minimum absolute atomic E-state index is 0.282. The van der Waals surface area contributed by atoms with Crippen molar-refractivity contribution >= 4 is 38.8 Å². The van der Waals surface area contributed by atoms with E-state index < -0.39 is 11.7 Å². The van der Waals surface area contributed by atoms with Gasteiger partial charge in [-0.15, -0.1) is 11.3 Å². The summed E-state index contributed by atoms with van der Waals surface area (Å²) in [5.41, 5.74) is 6.43. The summed E-state index contributed by atoms with van der Waals surface area (Å²) in [5.74, 6) is 0. The van der Waals surface area contributed by atoms with E-state index in [0.717, 1.165) is 12.1 Å². The second-order valence-corrected chi connectivity index (χ2v) is 5.84. The average molecular weight is 329 g/mol. The molecule has 2 nitrogen and oxygen atoms in total. The van der Waals surface area contributed by atoms with Crippen LogP contribution in [-0.2, 0) is 6.18 Å². The Labute approximate surface area is 127 Å². The van der Waals surface area contributed by atoms with Crippen LogP contribution in [0, 0.1) is 0 Å². The molecule has 0 saturated carbocycles. The normalized spacial score (nSPS) is 12.0. The first-order chi connectivity index (χ1) is 9.86. The summed E-state index contributed by atoms with van der Waals surface area (Å²) in [6.45, 7) is 0. The third-order valence-corrected chi connectivity index (χ3v) is 4.34. The number of nitrogens with two attached hydrogens (primary N) is 1. The first kappa shape index (κ1) is 14.2. The Kier molecular flexibility index (Phi) is 3.30. The highest BCUT2D eigenvalue weighted by molar-refractivity contribution is 7.21. The lowest BCUT2D eigenvalue weighted by molar-refractivity contribution is -0.137. The molecule has 3 rings (SSSR count). The number of hydrogen-bond donors (Lipinski definition) is 1. The summed E-state index contributed by atoms with van der Waals surface area (Å²) in [4.78, 5) is 4.23. The summed E-state index contributed by atoms with van der Waals surface area (Å²) >= 11 is 7.36. The predicted octanol–water partition coefficient (Wildman–Crippen LogP) is 5.22. The van der Waals surface area contributed by atoms with Gasteiger partial charge in [-0.2, -0.15) is 13.2 Å². The highest BCUT2D eigenvalue weighted by atomic mass is 35.5. The number of anilines is 1. The van der Waals surface area contributed by atoms with Crippen LogP contribution >= 0.6 is 22.9 Å². The van der Waals surface area contributed by atoms with Crippen molar-refractivity contribution in [3.8, 4) is 10.6 Å². The van der Waals surface area contributed by atoms with Crippen LogP contribution in [-0.4, -0.2) is 4.98 Å². The second-order valence-electron chi connectivity index (χ2n) is 4.40. The number of thiazole rings is 1. The molecule has 0 unspecified atom stereocenters. The Morgan fingerprint density at radius 3 is 2.57 bits per heavy atom. The molecule has 7 heteroatoms. The lowest BCUT2D eigenvalue weighted by Crippen LogP contribution is -2.03. The van der Waals surface area contributed by atoms with E-state index in [1.54, 1.807) is 18.2 Å². The Bertz CT molecular complexity index is 806. The van der Waals surface area contributed by atoms with Gasteiger partial charge in [-0.05, 0) is 30.3 Å². The van der Waals surface area contributed by atoms with Gasteiger partial charge in [0.25, 0.3) is 0 Å². The summed E-state index contributed by atoms with van der Waals surface area (Å²) in [7, 11) is 0. The first-order valence-corrected chi connectivity index (χ1v) is 7.08. The van der Waals surface area contributed by atoms with Gasteiger partial charge in [0.05, 0.1) is 26.4 Å². The van der Waals surface area contributed by atoms with Crippen molar-refractivity contribution in [2.75, 3.05) is 5.73 Å². The molecule has 0 spiro atoms. The largest absolute Gasteiger partial charge is 0.416 e. The van der Waals surface area contributed by atoms with Crippen LogP contribution in [0.15, 0.2) is 36.4 Å². The topological polar surface area (TPSA) is 38.9 Å². The van der Waals surface area contributed by atoms with Gasteiger partial charge in [-0.25, -0.2) is 4.98 Å². The number of halogens is 4. The molecule has 0 aliphatic rings. The molecule has 0 bridgehead atoms. The molecule has 0 aliphatic heterocycles. The smallest absolute Gasteiger partial charge is 0.398 e. The third-order valence-electron chi connectivity index (χ3n) is 2.97. The van der Waals surface area contributed by atoms with Gasteiger partial charge in [0.1, 0.15) is 5.01 Å². The van der Waals surface area contributed by atoms with Crippen molar-refractivity contribution in [3.63, 3.8) is 0 Å². The van der Waals surface area contributed by atoms with E-state index >= 15 is 0 Å². The second kappa shape index (κ2) is 4.89. The van der Waals surface area contributed by atoms with Gasteiger partial charge >= 0.3 is 6.18 Å². The van der Waals surface area contributed by atoms with Crippen molar-refractivity contribution in [2.45, 2.75) is 6.18 Å². The van der Waals surface area contributed by atoms with Crippen molar-refractivity contribution in [3.05, 3.63) is 47.0 Å². The molecule has 0 saturated heterocycles. The van der Waals surface area contributed by atoms with Crippen LogP contribution in [0.2, 0.25) is 5.02 Å². The standard InChI is InChI=1S/C14H8ClF3N2S/c15-8-2-1-3-9(19)12(8)13-20-10-6-7(14(16,17)18)4-5-11(10)21-13/h1-6H,19H2. The average Bonchev–Trinajstić information content (AvgIpc) is 2.79. The number of benzene rings is 2. The maximum absolute atomic E-state index is 12.7. The SMILES string of the molecule is Nc1cccc(Cl)c1-c1nc2cc(C(F)(F)F)ccc2s1. The number of hydrogen-bond acceptors (Lipinski definition) is 3. The molecule has 21 heavy (non-hydrogen) atoms. The molecule has 1 heterocycles. The number of alkyl halides is 3. The zero-order valence-electron chi connectivity index (χ0n) is 10.4. The molecule has 0 fully saturated rings. The molecule has 3 aromatic rings. The Hall–Kier alpha value is -1.79. The third kappa shape index (κ3) is 2.56. The van der Waals surface area contributed by atoms with Crippen LogP contribution in [0.4, 0.5) is 18.9 Å². The maximum atomic E-state index is 12.7. The van der Waals surface area contributed by atoms with Gasteiger partial charge < -0.3 is 5.73 Å². The van der Waals surface area contributed by atoms with Crippen molar-refractivity contribution < 1.29 is 13.2 Å². The molecule has 0 aliphatic carbocycles. The van der Waals surface area contributed by atoms with Gasteiger partial charge in [-0.3, -0.25) is 0 Å². The minimum atomic E-state index is -4.39. The minimum Gasteiger partial charge on any atom is -0.398 e. The molecule has 1 aromatic heterocycles. The fraction of sp³-hybridized carbons (Fsp3) is 0.0714. The number of rotatable bonds is 1. The van der Waals surface area contributed by atoms with E-state index in [1.807, 2.05) is 0 Å². The first-order valence-electron chi connectivity index (χ1n) is 5.88. The highest BCUT2D eigenvalue weighted by Crippen LogP contribution is 2.39. The monoisotopic (exact) mass is 328 g/mol. The molecule has 0 amide bonds. The molecule has 0 radical (unpaired) electrons. The van der Waals surface area contributed by atoms with Crippen LogP contribution in [0.1, 0.15) is 5.56 Å². The van der Waals surface area contributed by atoms with E-state index in [2.05, 4.69) is 4.98 Å². The lowest BCUT2D eigenvalue weighted by Gasteiger charge is -2.05. The Balaban J connectivity index is 2.18. The van der Waals surface area contributed by atoms with E-state index in [9.17, 15) is 13.2 Å². The van der Waals surface area contributed by atoms with E-state index in [4.69, 9.17) is 17.3 Å². The van der Waals surface area contributed by atoms with Gasteiger partial charge in [0.2, 0.25) is 0 Å². The fourth-order valence-corrected chi connectivity index (χ4v) is 3.33. The number of nitrogens with zero attached hydrogens (tertiary/aromatic N) is 1. The van der Waals surface area contributed by atoms with Crippen molar-refractivity contribution in [1.82, 2.24) is 4.98 Å². The highest BCUT2D eigenvalue weighted by Gasteiger charge is 2.30. The lowest BCUT2D eigenvalue weighted by atomic mass is 10.2. The molecule has 0 atom stereocenters.